The molecule has 2 rings (SSSR count). The molecule has 112 valence electrons. The maximum absolute atomic E-state index is 12.1. The van der Waals surface area contributed by atoms with Crippen LogP contribution in [-0.2, 0) is 14.4 Å². The van der Waals surface area contributed by atoms with Crippen LogP contribution in [0.25, 0.3) is 0 Å². The predicted octanol–water partition coefficient (Wildman–Crippen LogP) is -0.681. The number of carbonyl (C=O) groups is 3. The first-order chi connectivity index (χ1) is 10.1. The normalized spacial score (nSPS) is 16.6. The summed E-state index contributed by atoms with van der Waals surface area (Å²) in [4.78, 5) is 37.0. The molecule has 1 atom stereocenters. The van der Waals surface area contributed by atoms with Crippen LogP contribution in [0.2, 0.25) is 0 Å². The second kappa shape index (κ2) is 6.36. The van der Waals surface area contributed by atoms with E-state index in [0.29, 0.717) is 17.7 Å². The molecule has 0 aliphatic carbocycles. The Labute approximate surface area is 121 Å². The van der Waals surface area contributed by atoms with Gasteiger partial charge in [-0.1, -0.05) is 18.2 Å². The summed E-state index contributed by atoms with van der Waals surface area (Å²) < 4.78 is 0. The molecule has 1 aromatic rings. The highest BCUT2D eigenvalue weighted by atomic mass is 16.3. The van der Waals surface area contributed by atoms with Gasteiger partial charge in [-0.05, 0) is 12.5 Å². The number of fused-ring (bicyclic) bond motifs is 1. The van der Waals surface area contributed by atoms with Crippen LogP contribution >= 0.6 is 0 Å². The Bertz CT molecular complexity index is 573. The molecule has 1 heterocycles. The number of hydrogen-bond donors (Lipinski definition) is 3. The van der Waals surface area contributed by atoms with E-state index >= 15 is 0 Å². The lowest BCUT2D eigenvalue weighted by atomic mass is 10.1. The van der Waals surface area contributed by atoms with E-state index in [1.54, 1.807) is 31.3 Å². The monoisotopic (exact) mass is 291 g/mol. The molecule has 3 N–H and O–H groups in total. The van der Waals surface area contributed by atoms with E-state index < -0.39 is 17.9 Å². The van der Waals surface area contributed by atoms with Crippen LogP contribution in [0.3, 0.4) is 0 Å². The Hall–Kier alpha value is -2.41. The molecule has 1 aromatic carbocycles. The van der Waals surface area contributed by atoms with E-state index in [-0.39, 0.29) is 19.1 Å². The van der Waals surface area contributed by atoms with Gasteiger partial charge < -0.3 is 20.6 Å². The molecule has 0 aromatic heterocycles. The topological polar surface area (TPSA) is 98.7 Å². The lowest BCUT2D eigenvalue weighted by molar-refractivity contribution is -0.140. The smallest absolute Gasteiger partial charge is 0.310 e. The number of rotatable bonds is 4. The van der Waals surface area contributed by atoms with Crippen LogP contribution in [0.5, 0.6) is 0 Å². The third kappa shape index (κ3) is 3.03. The van der Waals surface area contributed by atoms with Gasteiger partial charge in [-0.25, -0.2) is 0 Å². The summed E-state index contributed by atoms with van der Waals surface area (Å²) in [6.45, 7) is 0.138. The first-order valence-corrected chi connectivity index (χ1v) is 6.62. The van der Waals surface area contributed by atoms with Crippen molar-refractivity contribution in [1.29, 1.82) is 0 Å². The molecule has 7 nitrogen and oxygen atoms in total. The Balaban J connectivity index is 2.04. The predicted molar refractivity (Wildman–Crippen MR) is 75.4 cm³/mol. The Morgan fingerprint density at radius 3 is 2.71 bits per heavy atom. The van der Waals surface area contributed by atoms with Gasteiger partial charge in [-0.2, -0.15) is 0 Å². The lowest BCUT2D eigenvalue weighted by Crippen LogP contribution is -2.44. The van der Waals surface area contributed by atoms with E-state index in [2.05, 4.69) is 10.6 Å². The van der Waals surface area contributed by atoms with Gasteiger partial charge in [0.1, 0.15) is 6.04 Å². The van der Waals surface area contributed by atoms with Crippen molar-refractivity contribution in [3.8, 4) is 0 Å². The van der Waals surface area contributed by atoms with E-state index in [0.717, 1.165) is 0 Å². The number of hydrogen-bond acceptors (Lipinski definition) is 4. The molecule has 1 unspecified atom stereocenters. The minimum atomic E-state index is -0.864. The minimum Gasteiger partial charge on any atom is -0.396 e. The van der Waals surface area contributed by atoms with Crippen LogP contribution in [0.1, 0.15) is 18.0 Å². The van der Waals surface area contributed by atoms with Gasteiger partial charge in [0.15, 0.2) is 0 Å². The summed E-state index contributed by atoms with van der Waals surface area (Å²) >= 11 is 0. The summed E-state index contributed by atoms with van der Waals surface area (Å²) in [5.41, 5.74) is 1.38. The van der Waals surface area contributed by atoms with E-state index in [9.17, 15) is 14.4 Å². The third-order valence-electron chi connectivity index (χ3n) is 3.29. The highest BCUT2D eigenvalue weighted by molar-refractivity contribution is 6.35. The maximum Gasteiger partial charge on any atom is 0.310 e. The zero-order valence-electron chi connectivity index (χ0n) is 11.6. The number of para-hydroxylation sites is 1. The fourth-order valence-corrected chi connectivity index (χ4v) is 2.18. The van der Waals surface area contributed by atoms with Gasteiger partial charge in [0.25, 0.3) is 5.91 Å². The van der Waals surface area contributed by atoms with E-state index in [1.807, 2.05) is 0 Å². The Kier molecular flexibility index (Phi) is 4.54. The summed E-state index contributed by atoms with van der Waals surface area (Å²) in [7, 11) is 1.62. The number of aliphatic hydroxyl groups excluding tert-OH is 1. The molecule has 3 amide bonds. The van der Waals surface area contributed by atoms with Crippen LogP contribution in [0, 0.1) is 0 Å². The van der Waals surface area contributed by atoms with Crippen molar-refractivity contribution in [1.82, 2.24) is 10.6 Å². The Morgan fingerprint density at radius 1 is 1.29 bits per heavy atom. The fraction of sp³-hybridized carbons (Fsp3) is 0.357. The largest absolute Gasteiger partial charge is 0.396 e. The van der Waals surface area contributed by atoms with Gasteiger partial charge in [0.05, 0.1) is 0 Å². The molecule has 0 bridgehead atoms. The molecular formula is C14H17N3O4. The van der Waals surface area contributed by atoms with Gasteiger partial charge in [-0.3, -0.25) is 14.4 Å². The number of anilines is 1. The molecule has 0 spiro atoms. The molecular weight excluding hydrogens is 274 g/mol. The molecule has 0 radical (unpaired) electrons. The van der Waals surface area contributed by atoms with Crippen molar-refractivity contribution in [3.63, 3.8) is 0 Å². The van der Waals surface area contributed by atoms with E-state index in [4.69, 9.17) is 5.11 Å². The summed E-state index contributed by atoms with van der Waals surface area (Å²) in [6.07, 6.45) is 0.368. The van der Waals surface area contributed by atoms with Crippen LogP contribution in [0.4, 0.5) is 5.69 Å². The fourth-order valence-electron chi connectivity index (χ4n) is 2.18. The number of aliphatic hydroxyl groups is 1. The van der Waals surface area contributed by atoms with Crippen molar-refractivity contribution >= 4 is 23.4 Å². The number of nitrogens with zero attached hydrogens (tertiary/aromatic N) is 1. The first-order valence-electron chi connectivity index (χ1n) is 6.62. The van der Waals surface area contributed by atoms with Crippen molar-refractivity contribution in [2.45, 2.75) is 12.5 Å². The second-order valence-electron chi connectivity index (χ2n) is 4.70. The number of carbonyl (C=O) groups excluding carboxylic acids is 3. The number of benzene rings is 1. The van der Waals surface area contributed by atoms with Crippen molar-refractivity contribution < 1.29 is 19.5 Å². The molecule has 1 aliphatic heterocycles. The summed E-state index contributed by atoms with van der Waals surface area (Å²) in [5.74, 6) is -1.97. The highest BCUT2D eigenvalue weighted by Crippen LogP contribution is 2.34. The molecule has 0 fully saturated rings. The summed E-state index contributed by atoms with van der Waals surface area (Å²) in [5, 5.41) is 13.4. The molecule has 0 saturated carbocycles. The van der Waals surface area contributed by atoms with Crippen LogP contribution < -0.4 is 15.5 Å². The molecule has 21 heavy (non-hydrogen) atoms. The quantitative estimate of drug-likeness (QED) is 0.505. The van der Waals surface area contributed by atoms with Crippen LogP contribution in [0.15, 0.2) is 24.3 Å². The average Bonchev–Trinajstić information content (AvgIpc) is 2.73. The number of amides is 3. The zero-order chi connectivity index (χ0) is 15.4. The standard InChI is InChI=1S/C14H17N3O4/c1-17-10-6-3-2-5-9(10)11(14(17)21)16-13(20)12(19)15-7-4-8-18/h2-3,5-6,11,18H,4,7-8H2,1H3,(H,15,19)(H,16,20). The highest BCUT2D eigenvalue weighted by Gasteiger charge is 2.36. The third-order valence-corrected chi connectivity index (χ3v) is 3.29. The number of likely N-dealkylation sites (N-methyl/N-ethyl adjacent to an activating group) is 1. The van der Waals surface area contributed by atoms with Gasteiger partial charge >= 0.3 is 11.8 Å². The van der Waals surface area contributed by atoms with Crippen molar-refractivity contribution in [3.05, 3.63) is 29.8 Å². The summed E-state index contributed by atoms with van der Waals surface area (Å²) in [6, 6.07) is 6.24. The first kappa shape index (κ1) is 15.0. The minimum absolute atomic E-state index is 0.0683. The second-order valence-corrected chi connectivity index (χ2v) is 4.70. The number of nitrogens with one attached hydrogen (secondary N) is 2. The zero-order valence-corrected chi connectivity index (χ0v) is 11.6. The maximum atomic E-state index is 12.1. The SMILES string of the molecule is CN1C(=O)C(NC(=O)C(=O)NCCCO)c2ccccc21. The molecule has 0 saturated heterocycles. The van der Waals surface area contributed by atoms with Crippen LogP contribution in [-0.4, -0.2) is 43.0 Å². The lowest BCUT2D eigenvalue weighted by Gasteiger charge is -2.12. The van der Waals surface area contributed by atoms with Crippen molar-refractivity contribution in [2.24, 2.45) is 0 Å². The molecule has 1 aliphatic rings. The average molecular weight is 291 g/mol. The molecule has 7 heteroatoms. The Morgan fingerprint density at radius 2 is 2.00 bits per heavy atom. The van der Waals surface area contributed by atoms with E-state index in [1.165, 1.54) is 4.90 Å². The van der Waals surface area contributed by atoms with Gasteiger partial charge in [0.2, 0.25) is 0 Å². The van der Waals surface area contributed by atoms with Gasteiger partial charge in [-0.15, -0.1) is 0 Å². The van der Waals surface area contributed by atoms with Gasteiger partial charge in [0, 0.05) is 31.5 Å². The van der Waals surface area contributed by atoms with Crippen molar-refractivity contribution in [2.75, 3.05) is 25.1 Å².